The number of rotatable bonds is 4. The summed E-state index contributed by atoms with van der Waals surface area (Å²) < 4.78 is 19.0. The Hall–Kier alpha value is -1.91. The van der Waals surface area contributed by atoms with Crippen molar-refractivity contribution in [3.63, 3.8) is 0 Å². The van der Waals surface area contributed by atoms with Crippen molar-refractivity contribution in [2.75, 3.05) is 19.7 Å². The van der Waals surface area contributed by atoms with E-state index in [2.05, 4.69) is 0 Å². The maximum atomic E-state index is 13.2. The molecule has 24 heavy (non-hydrogen) atoms. The third-order valence-electron chi connectivity index (χ3n) is 4.18. The molecule has 0 aromatic heterocycles. The highest BCUT2D eigenvalue weighted by Gasteiger charge is 2.25. The first-order chi connectivity index (χ1) is 11.6. The average Bonchev–Trinajstić information content (AvgIpc) is 2.60. The Labute approximate surface area is 146 Å². The molecule has 0 aliphatic carbocycles. The number of carbonyl (C=O) groups is 1. The lowest BCUT2D eigenvalue weighted by Crippen LogP contribution is -2.42. The van der Waals surface area contributed by atoms with Gasteiger partial charge in [0.15, 0.2) is 0 Å². The molecule has 1 aliphatic rings. The van der Waals surface area contributed by atoms with E-state index in [4.69, 9.17) is 16.3 Å². The number of benzene rings is 2. The number of amides is 1. The zero-order valence-corrected chi connectivity index (χ0v) is 14.0. The SMILES string of the molecule is O=C(CCc1cccc(F)c1)N1CCOC(c2ccc(Cl)cc2)C1. The molecule has 2 aromatic carbocycles. The molecule has 0 bridgehead atoms. The van der Waals surface area contributed by atoms with Crippen LogP contribution in [0.2, 0.25) is 5.02 Å². The lowest BCUT2D eigenvalue weighted by Gasteiger charge is -2.33. The van der Waals surface area contributed by atoms with Gasteiger partial charge in [0.05, 0.1) is 13.2 Å². The van der Waals surface area contributed by atoms with Crippen LogP contribution < -0.4 is 0 Å². The van der Waals surface area contributed by atoms with Gasteiger partial charge in [-0.25, -0.2) is 4.39 Å². The van der Waals surface area contributed by atoms with E-state index in [1.807, 2.05) is 35.2 Å². The van der Waals surface area contributed by atoms with Crippen molar-refractivity contribution in [1.29, 1.82) is 0 Å². The summed E-state index contributed by atoms with van der Waals surface area (Å²) in [5.74, 6) is -0.198. The minimum atomic E-state index is -0.269. The Morgan fingerprint density at radius 1 is 1.25 bits per heavy atom. The summed E-state index contributed by atoms with van der Waals surface area (Å²) in [6.45, 7) is 1.63. The molecule has 2 aromatic rings. The molecule has 126 valence electrons. The van der Waals surface area contributed by atoms with Crippen molar-refractivity contribution in [1.82, 2.24) is 4.90 Å². The van der Waals surface area contributed by atoms with E-state index < -0.39 is 0 Å². The van der Waals surface area contributed by atoms with Crippen molar-refractivity contribution in [3.05, 3.63) is 70.5 Å². The zero-order chi connectivity index (χ0) is 16.9. The average molecular weight is 348 g/mol. The molecule has 1 atom stereocenters. The molecular weight excluding hydrogens is 329 g/mol. The second kappa shape index (κ2) is 7.77. The summed E-state index contributed by atoms with van der Waals surface area (Å²) in [6, 6.07) is 13.9. The first-order valence-corrected chi connectivity index (χ1v) is 8.39. The van der Waals surface area contributed by atoms with E-state index in [-0.39, 0.29) is 17.8 Å². The van der Waals surface area contributed by atoms with Crippen molar-refractivity contribution in [2.45, 2.75) is 18.9 Å². The lowest BCUT2D eigenvalue weighted by molar-refractivity contribution is -0.139. The molecule has 3 nitrogen and oxygen atoms in total. The smallest absolute Gasteiger partial charge is 0.223 e. The van der Waals surface area contributed by atoms with Gasteiger partial charge in [0.2, 0.25) is 5.91 Å². The monoisotopic (exact) mass is 347 g/mol. The van der Waals surface area contributed by atoms with Crippen LogP contribution >= 0.6 is 11.6 Å². The van der Waals surface area contributed by atoms with Gasteiger partial charge in [-0.2, -0.15) is 0 Å². The number of nitrogens with zero attached hydrogens (tertiary/aromatic N) is 1. The number of aryl methyl sites for hydroxylation is 1. The first-order valence-electron chi connectivity index (χ1n) is 8.01. The molecule has 5 heteroatoms. The van der Waals surface area contributed by atoms with Crippen LogP contribution in [0, 0.1) is 5.82 Å². The van der Waals surface area contributed by atoms with Gasteiger partial charge < -0.3 is 9.64 Å². The summed E-state index contributed by atoms with van der Waals surface area (Å²) in [7, 11) is 0. The van der Waals surface area contributed by atoms with Gasteiger partial charge in [0, 0.05) is 18.0 Å². The summed E-state index contributed by atoms with van der Waals surface area (Å²) in [6.07, 6.45) is 0.783. The van der Waals surface area contributed by atoms with E-state index in [0.29, 0.717) is 37.6 Å². The molecule has 0 saturated carbocycles. The van der Waals surface area contributed by atoms with Crippen LogP contribution in [0.5, 0.6) is 0 Å². The Morgan fingerprint density at radius 2 is 2.04 bits per heavy atom. The zero-order valence-electron chi connectivity index (χ0n) is 13.3. The fraction of sp³-hybridized carbons (Fsp3) is 0.316. The lowest BCUT2D eigenvalue weighted by atomic mass is 10.1. The number of ether oxygens (including phenoxy) is 1. The van der Waals surface area contributed by atoms with Crippen molar-refractivity contribution >= 4 is 17.5 Å². The summed E-state index contributed by atoms with van der Waals surface area (Å²) in [4.78, 5) is 14.3. The fourth-order valence-corrected chi connectivity index (χ4v) is 2.98. The van der Waals surface area contributed by atoms with Crippen molar-refractivity contribution < 1.29 is 13.9 Å². The van der Waals surface area contributed by atoms with Crippen LogP contribution in [-0.2, 0) is 16.0 Å². The molecule has 0 spiro atoms. The Bertz CT molecular complexity index is 705. The second-order valence-corrected chi connectivity index (χ2v) is 6.32. The highest BCUT2D eigenvalue weighted by atomic mass is 35.5. The number of halogens is 2. The highest BCUT2D eigenvalue weighted by molar-refractivity contribution is 6.30. The topological polar surface area (TPSA) is 29.5 Å². The predicted octanol–water partition coefficient (Wildman–Crippen LogP) is 4.01. The van der Waals surface area contributed by atoms with Crippen LogP contribution in [0.3, 0.4) is 0 Å². The van der Waals surface area contributed by atoms with E-state index in [0.717, 1.165) is 11.1 Å². The third kappa shape index (κ3) is 4.34. The van der Waals surface area contributed by atoms with Gasteiger partial charge in [-0.3, -0.25) is 4.79 Å². The third-order valence-corrected chi connectivity index (χ3v) is 4.43. The largest absolute Gasteiger partial charge is 0.370 e. The maximum Gasteiger partial charge on any atom is 0.223 e. The molecule has 1 fully saturated rings. The normalized spacial score (nSPS) is 17.8. The minimum absolute atomic E-state index is 0.0709. The molecule has 1 unspecified atom stereocenters. The van der Waals surface area contributed by atoms with Gasteiger partial charge in [-0.05, 0) is 41.8 Å². The van der Waals surface area contributed by atoms with Gasteiger partial charge >= 0.3 is 0 Å². The predicted molar refractivity (Wildman–Crippen MR) is 91.4 cm³/mol. The molecule has 0 N–H and O–H groups in total. The van der Waals surface area contributed by atoms with Crippen LogP contribution in [0.15, 0.2) is 48.5 Å². The quantitative estimate of drug-likeness (QED) is 0.836. The van der Waals surface area contributed by atoms with Gasteiger partial charge in [-0.1, -0.05) is 35.9 Å². The molecular formula is C19H19ClFNO2. The van der Waals surface area contributed by atoms with E-state index in [1.54, 1.807) is 6.07 Å². The van der Waals surface area contributed by atoms with Crippen molar-refractivity contribution in [2.24, 2.45) is 0 Å². The summed E-state index contributed by atoms with van der Waals surface area (Å²) in [5, 5.41) is 0.678. The van der Waals surface area contributed by atoms with E-state index >= 15 is 0 Å². The maximum absolute atomic E-state index is 13.2. The summed E-state index contributed by atoms with van der Waals surface area (Å²) in [5.41, 5.74) is 1.85. The number of hydrogen-bond donors (Lipinski definition) is 0. The Morgan fingerprint density at radius 3 is 2.79 bits per heavy atom. The molecule has 0 radical (unpaired) electrons. The fourth-order valence-electron chi connectivity index (χ4n) is 2.86. The second-order valence-electron chi connectivity index (χ2n) is 5.88. The van der Waals surface area contributed by atoms with E-state index in [1.165, 1.54) is 12.1 Å². The number of morpholine rings is 1. The Balaban J connectivity index is 1.57. The van der Waals surface area contributed by atoms with Crippen LogP contribution in [0.4, 0.5) is 4.39 Å². The highest BCUT2D eigenvalue weighted by Crippen LogP contribution is 2.24. The van der Waals surface area contributed by atoms with E-state index in [9.17, 15) is 9.18 Å². The molecule has 1 heterocycles. The van der Waals surface area contributed by atoms with Crippen LogP contribution in [0.1, 0.15) is 23.7 Å². The Kier molecular flexibility index (Phi) is 5.48. The van der Waals surface area contributed by atoms with Gasteiger partial charge in [-0.15, -0.1) is 0 Å². The van der Waals surface area contributed by atoms with Gasteiger partial charge in [0.1, 0.15) is 11.9 Å². The number of carbonyl (C=O) groups excluding carboxylic acids is 1. The standard InChI is InChI=1S/C19H19ClFNO2/c20-16-7-5-15(6-8-16)18-13-22(10-11-24-18)19(23)9-4-14-2-1-3-17(21)12-14/h1-3,5-8,12,18H,4,9-11,13H2. The van der Waals surface area contributed by atoms with Crippen molar-refractivity contribution in [3.8, 4) is 0 Å². The molecule has 3 rings (SSSR count). The van der Waals surface area contributed by atoms with Gasteiger partial charge in [0.25, 0.3) is 0 Å². The van der Waals surface area contributed by atoms with Crippen LogP contribution in [-0.4, -0.2) is 30.5 Å². The first kappa shape index (κ1) is 16.9. The minimum Gasteiger partial charge on any atom is -0.370 e. The molecule has 1 aliphatic heterocycles. The summed E-state index contributed by atoms with van der Waals surface area (Å²) >= 11 is 5.91. The van der Waals surface area contributed by atoms with Crippen LogP contribution in [0.25, 0.3) is 0 Å². The molecule has 1 amide bonds. The molecule has 1 saturated heterocycles. The number of hydrogen-bond acceptors (Lipinski definition) is 2.